The first-order valence-corrected chi connectivity index (χ1v) is 6.54. The predicted octanol–water partition coefficient (Wildman–Crippen LogP) is 0.0428. The fourth-order valence-electron chi connectivity index (χ4n) is 2.32. The van der Waals surface area contributed by atoms with E-state index >= 15 is 0 Å². The molecule has 1 amide bonds. The molecule has 2 atom stereocenters. The summed E-state index contributed by atoms with van der Waals surface area (Å²) < 4.78 is 10.5. The lowest BCUT2D eigenvalue weighted by Crippen LogP contribution is -2.40. The number of carbonyl (C=O) groups is 1. The molecule has 0 radical (unpaired) electrons. The van der Waals surface area contributed by atoms with E-state index in [1.54, 1.807) is 20.3 Å². The van der Waals surface area contributed by atoms with Crippen LogP contribution in [0.5, 0.6) is 11.5 Å². The van der Waals surface area contributed by atoms with Gasteiger partial charge in [0.1, 0.15) is 0 Å². The lowest BCUT2D eigenvalue weighted by Gasteiger charge is -2.15. The van der Waals surface area contributed by atoms with Gasteiger partial charge in [-0.2, -0.15) is 0 Å². The van der Waals surface area contributed by atoms with Crippen LogP contribution < -0.4 is 20.1 Å². The Hall–Kier alpha value is -1.79. The van der Waals surface area contributed by atoms with Crippen LogP contribution in [0.1, 0.15) is 12.0 Å². The van der Waals surface area contributed by atoms with Crippen molar-refractivity contribution in [1.82, 2.24) is 10.6 Å². The van der Waals surface area contributed by atoms with Crippen LogP contribution in [0.2, 0.25) is 0 Å². The highest BCUT2D eigenvalue weighted by atomic mass is 16.5. The zero-order chi connectivity index (χ0) is 14.5. The highest BCUT2D eigenvalue weighted by molar-refractivity contribution is 5.82. The zero-order valence-electron chi connectivity index (χ0n) is 11.7. The van der Waals surface area contributed by atoms with Gasteiger partial charge in [-0.3, -0.25) is 4.79 Å². The van der Waals surface area contributed by atoms with Crippen molar-refractivity contribution in [3.8, 4) is 11.5 Å². The van der Waals surface area contributed by atoms with Gasteiger partial charge in [-0.15, -0.1) is 0 Å². The molecule has 2 rings (SSSR count). The number of β-amino-alcohol motifs (C(OH)–C–C–N with tert-alkyl or cyclic N) is 1. The van der Waals surface area contributed by atoms with Gasteiger partial charge in [-0.1, -0.05) is 12.1 Å². The summed E-state index contributed by atoms with van der Waals surface area (Å²) in [6, 6.07) is 5.19. The second kappa shape index (κ2) is 6.58. The summed E-state index contributed by atoms with van der Waals surface area (Å²) in [5, 5.41) is 15.2. The smallest absolute Gasteiger partial charge is 0.237 e. The molecule has 6 nitrogen and oxygen atoms in total. The molecular formula is C14H20N2O4. The van der Waals surface area contributed by atoms with Crippen LogP contribution >= 0.6 is 0 Å². The lowest BCUT2D eigenvalue weighted by atomic mass is 10.1. The molecule has 1 heterocycles. The number of aliphatic hydroxyl groups excluding tert-OH is 1. The summed E-state index contributed by atoms with van der Waals surface area (Å²) in [6.07, 6.45) is -0.00161. The summed E-state index contributed by atoms with van der Waals surface area (Å²) in [6.45, 7) is 0.814. The fraction of sp³-hybridized carbons (Fsp3) is 0.500. The molecule has 0 bridgehead atoms. The first-order valence-electron chi connectivity index (χ1n) is 6.54. The van der Waals surface area contributed by atoms with E-state index in [0.717, 1.165) is 5.56 Å². The minimum atomic E-state index is -0.447. The van der Waals surface area contributed by atoms with E-state index in [4.69, 9.17) is 9.47 Å². The van der Waals surface area contributed by atoms with Gasteiger partial charge >= 0.3 is 0 Å². The van der Waals surface area contributed by atoms with Gasteiger partial charge in [-0.05, 0) is 12.5 Å². The zero-order valence-corrected chi connectivity index (χ0v) is 11.7. The van der Waals surface area contributed by atoms with Crippen molar-refractivity contribution < 1.29 is 19.4 Å². The predicted molar refractivity (Wildman–Crippen MR) is 73.8 cm³/mol. The molecule has 0 spiro atoms. The third kappa shape index (κ3) is 3.20. The van der Waals surface area contributed by atoms with Crippen molar-refractivity contribution in [3.05, 3.63) is 23.8 Å². The number of rotatable bonds is 5. The Labute approximate surface area is 118 Å². The molecule has 1 aromatic carbocycles. The molecule has 1 aliphatic heterocycles. The highest BCUT2D eigenvalue weighted by Crippen LogP contribution is 2.30. The van der Waals surface area contributed by atoms with Crippen molar-refractivity contribution in [2.75, 3.05) is 20.8 Å². The van der Waals surface area contributed by atoms with Crippen molar-refractivity contribution >= 4 is 5.91 Å². The number of para-hydroxylation sites is 1. The second-order valence-corrected chi connectivity index (χ2v) is 4.72. The highest BCUT2D eigenvalue weighted by Gasteiger charge is 2.27. The molecule has 6 heteroatoms. The Kier molecular flexibility index (Phi) is 4.81. The fourth-order valence-corrected chi connectivity index (χ4v) is 2.32. The van der Waals surface area contributed by atoms with Gasteiger partial charge in [0.2, 0.25) is 5.91 Å². The summed E-state index contributed by atoms with van der Waals surface area (Å²) in [7, 11) is 3.14. The molecule has 2 unspecified atom stereocenters. The van der Waals surface area contributed by atoms with Crippen molar-refractivity contribution in [2.45, 2.75) is 25.1 Å². The Morgan fingerprint density at radius 3 is 2.85 bits per heavy atom. The number of amides is 1. The number of aliphatic hydroxyl groups is 1. The Morgan fingerprint density at radius 2 is 2.25 bits per heavy atom. The van der Waals surface area contributed by atoms with Crippen molar-refractivity contribution in [1.29, 1.82) is 0 Å². The normalized spacial score (nSPS) is 21.6. The monoisotopic (exact) mass is 280 g/mol. The van der Waals surface area contributed by atoms with Gasteiger partial charge < -0.3 is 25.2 Å². The maximum absolute atomic E-state index is 12.0. The first-order chi connectivity index (χ1) is 9.65. The van der Waals surface area contributed by atoms with E-state index < -0.39 is 6.10 Å². The Balaban J connectivity index is 1.98. The molecule has 20 heavy (non-hydrogen) atoms. The standard InChI is InChI=1S/C14H20N2O4/c1-19-12-5-3-4-9(13(12)20-2)7-16-14(18)11-6-10(17)8-15-11/h3-5,10-11,15,17H,6-8H2,1-2H3,(H,16,18). The maximum atomic E-state index is 12.0. The Morgan fingerprint density at radius 1 is 1.45 bits per heavy atom. The van der Waals surface area contributed by atoms with Crippen LogP contribution in [-0.2, 0) is 11.3 Å². The first kappa shape index (κ1) is 14.6. The number of hydrogen-bond acceptors (Lipinski definition) is 5. The number of ether oxygens (including phenoxy) is 2. The average Bonchev–Trinajstić information content (AvgIpc) is 2.90. The molecule has 110 valence electrons. The third-order valence-corrected chi connectivity index (χ3v) is 3.36. The van der Waals surface area contributed by atoms with E-state index in [0.29, 0.717) is 31.0 Å². The second-order valence-electron chi connectivity index (χ2n) is 4.72. The molecular weight excluding hydrogens is 260 g/mol. The average molecular weight is 280 g/mol. The molecule has 1 fully saturated rings. The summed E-state index contributed by atoms with van der Waals surface area (Å²) in [4.78, 5) is 12.0. The van der Waals surface area contributed by atoms with E-state index in [1.165, 1.54) is 0 Å². The number of carbonyl (C=O) groups excluding carboxylic acids is 1. The molecule has 1 saturated heterocycles. The molecule has 0 aliphatic carbocycles. The molecule has 0 aromatic heterocycles. The number of methoxy groups -OCH3 is 2. The molecule has 0 saturated carbocycles. The third-order valence-electron chi connectivity index (χ3n) is 3.36. The maximum Gasteiger partial charge on any atom is 0.237 e. The van der Waals surface area contributed by atoms with Crippen molar-refractivity contribution in [2.24, 2.45) is 0 Å². The SMILES string of the molecule is COc1cccc(CNC(=O)C2CC(O)CN2)c1OC. The van der Waals surface area contributed by atoms with E-state index in [-0.39, 0.29) is 11.9 Å². The molecule has 3 N–H and O–H groups in total. The van der Waals surface area contributed by atoms with Crippen molar-refractivity contribution in [3.63, 3.8) is 0 Å². The van der Waals surface area contributed by atoms with Gasteiger partial charge in [0.25, 0.3) is 0 Å². The topological polar surface area (TPSA) is 79.8 Å². The molecule has 1 aliphatic rings. The van der Waals surface area contributed by atoms with Crippen LogP contribution in [0, 0.1) is 0 Å². The number of nitrogens with one attached hydrogen (secondary N) is 2. The summed E-state index contributed by atoms with van der Waals surface area (Å²) in [5.74, 6) is 1.13. The lowest BCUT2D eigenvalue weighted by molar-refractivity contribution is -0.123. The quantitative estimate of drug-likeness (QED) is 0.710. The minimum Gasteiger partial charge on any atom is -0.493 e. The molecule has 1 aromatic rings. The van der Waals surface area contributed by atoms with E-state index in [2.05, 4.69) is 10.6 Å². The van der Waals surface area contributed by atoms with Crippen LogP contribution in [0.25, 0.3) is 0 Å². The summed E-state index contributed by atoms with van der Waals surface area (Å²) in [5.41, 5.74) is 0.846. The van der Waals surface area contributed by atoms with Crippen LogP contribution in [0.15, 0.2) is 18.2 Å². The number of hydrogen-bond donors (Lipinski definition) is 3. The van der Waals surface area contributed by atoms with Gasteiger partial charge in [0, 0.05) is 18.7 Å². The van der Waals surface area contributed by atoms with E-state index in [1.807, 2.05) is 12.1 Å². The van der Waals surface area contributed by atoms with Crippen LogP contribution in [0.4, 0.5) is 0 Å². The minimum absolute atomic E-state index is 0.119. The Bertz CT molecular complexity index is 478. The van der Waals surface area contributed by atoms with Gasteiger partial charge in [0.05, 0.1) is 26.4 Å². The van der Waals surface area contributed by atoms with Crippen LogP contribution in [-0.4, -0.2) is 43.9 Å². The van der Waals surface area contributed by atoms with Crippen LogP contribution in [0.3, 0.4) is 0 Å². The number of benzene rings is 1. The summed E-state index contributed by atoms with van der Waals surface area (Å²) >= 11 is 0. The van der Waals surface area contributed by atoms with E-state index in [9.17, 15) is 9.90 Å². The van der Waals surface area contributed by atoms with Gasteiger partial charge in [-0.25, -0.2) is 0 Å². The van der Waals surface area contributed by atoms with Gasteiger partial charge in [0.15, 0.2) is 11.5 Å². The largest absolute Gasteiger partial charge is 0.493 e.